The lowest BCUT2D eigenvalue weighted by Gasteiger charge is -2.24. The minimum absolute atomic E-state index is 0.00168. The Morgan fingerprint density at radius 3 is 1.68 bits per heavy atom. The molecule has 2 aliphatic heterocycles. The number of methoxy groups -OCH3 is 4. The summed E-state index contributed by atoms with van der Waals surface area (Å²) in [5.41, 5.74) is 4.79. The van der Waals surface area contributed by atoms with E-state index in [0.29, 0.717) is 0 Å². The number of carbonyl (C=O) groups is 3. The van der Waals surface area contributed by atoms with Crippen molar-refractivity contribution in [1.29, 1.82) is 0 Å². The Labute approximate surface area is 325 Å². The van der Waals surface area contributed by atoms with Crippen LogP contribution in [0.1, 0.15) is 43.0 Å². The van der Waals surface area contributed by atoms with Crippen molar-refractivity contribution in [1.82, 2.24) is 11.0 Å². The predicted molar refractivity (Wildman–Crippen MR) is 192 cm³/mol. The normalized spacial score (nSPS) is 17.1. The molecule has 0 fully saturated rings. The van der Waals surface area contributed by atoms with E-state index in [-0.39, 0.29) is 77.8 Å². The summed E-state index contributed by atoms with van der Waals surface area (Å²) in [6.45, 7) is 1.18. The summed E-state index contributed by atoms with van der Waals surface area (Å²) in [5, 5.41) is 0.0754. The van der Waals surface area contributed by atoms with Crippen LogP contribution >= 0.6 is 50.7 Å². The third-order valence-electron chi connectivity index (χ3n) is 6.99. The van der Waals surface area contributed by atoms with E-state index in [0.717, 1.165) is 20.5 Å². The lowest BCUT2D eigenvalue weighted by atomic mass is 9.98. The van der Waals surface area contributed by atoms with Gasteiger partial charge in [-0.25, -0.2) is 23.9 Å². The smallest absolute Gasteiger partial charge is 0.357 e. The maximum atomic E-state index is 14.8. The number of hydrogen-bond donors (Lipinski definition) is 2. The summed E-state index contributed by atoms with van der Waals surface area (Å²) in [6.07, 6.45) is 0.875. The topological polar surface area (TPSA) is 190 Å². The van der Waals surface area contributed by atoms with Crippen LogP contribution in [0.15, 0.2) is 55.2 Å². The molecule has 2 heterocycles. The van der Waals surface area contributed by atoms with Crippen molar-refractivity contribution in [3.8, 4) is 11.5 Å². The van der Waals surface area contributed by atoms with E-state index in [1.807, 2.05) is 0 Å². The number of dihydropyridines is 2. The number of benzene rings is 2. The maximum absolute atomic E-state index is 14.8. The molecule has 0 spiro atoms. The first-order chi connectivity index (χ1) is 24.9. The van der Waals surface area contributed by atoms with E-state index in [1.165, 1.54) is 45.4 Å². The fraction of sp³-hybridized carbons (Fsp3) is 0.323. The van der Waals surface area contributed by atoms with Gasteiger partial charge >= 0.3 is 17.9 Å². The van der Waals surface area contributed by atoms with Crippen LogP contribution in [0.4, 0.5) is 8.78 Å². The second-order valence-electron chi connectivity index (χ2n) is 10.5. The fourth-order valence-corrected chi connectivity index (χ4v) is 6.07. The van der Waals surface area contributed by atoms with E-state index in [9.17, 15) is 31.6 Å². The zero-order chi connectivity index (χ0) is 39.8. The molecule has 0 saturated heterocycles. The molecule has 2 aliphatic rings. The van der Waals surface area contributed by atoms with Crippen molar-refractivity contribution in [2.45, 2.75) is 31.8 Å². The molecule has 4 rings (SSSR count). The van der Waals surface area contributed by atoms with Crippen LogP contribution in [0.5, 0.6) is 11.5 Å². The molecule has 22 heteroatoms. The number of hydrogen-bond acceptors (Lipinski definition) is 15. The first kappa shape index (κ1) is 43.4. The molecule has 0 amide bonds. The number of nitrogens with zero attached hydrogens (tertiary/aromatic N) is 2. The van der Waals surface area contributed by atoms with Gasteiger partial charge in [0.05, 0.1) is 77.7 Å². The summed E-state index contributed by atoms with van der Waals surface area (Å²) in [7, 11) is 1.03. The first-order valence-corrected chi connectivity index (χ1v) is 18.3. The highest BCUT2D eigenvalue weighted by atomic mass is 79.9. The zero-order valence-electron chi connectivity index (χ0n) is 28.4. The monoisotopic (exact) mass is 888 g/mol. The van der Waals surface area contributed by atoms with Crippen molar-refractivity contribution in [2.24, 2.45) is 9.98 Å². The van der Waals surface area contributed by atoms with E-state index in [4.69, 9.17) is 49.1 Å². The van der Waals surface area contributed by atoms with Gasteiger partial charge in [-0.05, 0) is 28.1 Å². The Morgan fingerprint density at radius 2 is 1.25 bits per heavy atom. The van der Waals surface area contributed by atoms with E-state index in [1.54, 1.807) is 0 Å². The van der Waals surface area contributed by atoms with E-state index >= 15 is 0 Å². The Bertz CT molecular complexity index is 2030. The van der Waals surface area contributed by atoms with Gasteiger partial charge in [-0.15, -0.1) is 0 Å². The lowest BCUT2D eigenvalue weighted by molar-refractivity contribution is -0.146. The van der Waals surface area contributed by atoms with Crippen molar-refractivity contribution >= 4 is 90.2 Å². The van der Waals surface area contributed by atoms with Crippen molar-refractivity contribution in [2.75, 3.05) is 34.7 Å². The number of aliphatic imine (C=N–C) groups is 2. The predicted octanol–water partition coefficient (Wildman–Crippen LogP) is 5.70. The minimum Gasteiger partial charge on any atom is -0.492 e. The molecule has 2 atom stereocenters. The Hall–Kier alpha value is -4.01. The van der Waals surface area contributed by atoms with Gasteiger partial charge in [0, 0.05) is 30.9 Å². The third kappa shape index (κ3) is 10.8. The molecule has 0 bridgehead atoms. The maximum Gasteiger partial charge on any atom is 0.357 e. The number of ether oxygens (including phenoxy) is 4. The molecular weight excluding hydrogens is 861 g/mol. The molecule has 2 aromatic carbocycles. The number of rotatable bonds is 11. The molecule has 0 saturated carbocycles. The average molecular weight is 891 g/mol. The molecule has 288 valence electrons. The number of halogens is 6. The second kappa shape index (κ2) is 18.8. The number of esters is 2. The van der Waals surface area contributed by atoms with Crippen molar-refractivity contribution in [3.05, 3.63) is 78.0 Å². The van der Waals surface area contributed by atoms with Crippen molar-refractivity contribution in [3.63, 3.8) is 0 Å². The number of hydroxylamine groups is 2. The number of carbonyl (C=O) groups excluding carboxylic acids is 3. The van der Waals surface area contributed by atoms with Gasteiger partial charge in [-0.3, -0.25) is 20.3 Å². The van der Waals surface area contributed by atoms with Crippen LogP contribution in [-0.4, -0.2) is 72.4 Å². The molecule has 0 aromatic heterocycles. The SMILES string of the molecule is COC(=O)C1=NC(c2ccc(Cl)c(OC)c2F)CC(NOC(C)=O)=C1Cl.COC(=O)C1=NC(c2ccc(Cl)c(OC)c2F)CC(NOS(C)(=O)=O)=C1Br. The lowest BCUT2D eigenvalue weighted by Crippen LogP contribution is -2.29. The quantitative estimate of drug-likeness (QED) is 0.159. The highest BCUT2D eigenvalue weighted by Gasteiger charge is 2.33. The Balaban J connectivity index is 0.000000286. The van der Waals surface area contributed by atoms with Crippen LogP contribution in [0.3, 0.4) is 0 Å². The Kier molecular flexibility index (Phi) is 15.4. The van der Waals surface area contributed by atoms with Crippen LogP contribution in [0, 0.1) is 11.6 Å². The summed E-state index contributed by atoms with van der Waals surface area (Å²) in [5.74, 6) is -4.02. The molecule has 2 unspecified atom stereocenters. The molecule has 0 radical (unpaired) electrons. The number of nitrogens with one attached hydrogen (secondary N) is 2. The van der Waals surface area contributed by atoms with Crippen LogP contribution in [-0.2, 0) is 43.1 Å². The molecule has 53 heavy (non-hydrogen) atoms. The highest BCUT2D eigenvalue weighted by molar-refractivity contribution is 9.12. The van der Waals surface area contributed by atoms with Crippen molar-refractivity contribution < 1.29 is 59.7 Å². The summed E-state index contributed by atoms with van der Waals surface area (Å²) in [4.78, 5) is 48.1. The summed E-state index contributed by atoms with van der Waals surface area (Å²) >= 11 is 21.1. The summed E-state index contributed by atoms with van der Waals surface area (Å²) < 4.78 is 75.9. The largest absolute Gasteiger partial charge is 0.492 e. The standard InChI is InChI=1S/C16H15Cl2FN2O5.C15H15BrClFN2O6S/c1-7(22)26-21-11-6-10(20-14(12(11)18)16(23)25-3)8-4-5-9(17)15(24-2)13(8)19;1-24-14-8(17)5-4-7(12(14)18)9-6-10(20-26-27(3,22)23)11(16)13(19-9)15(21)25-2/h4-5,10,21H,6H2,1-3H3;4-5,9,20H,6H2,1-3H3. The molecule has 15 nitrogen and oxygen atoms in total. The van der Waals surface area contributed by atoms with Gasteiger partial charge in [0.2, 0.25) is 0 Å². The molecule has 0 aliphatic carbocycles. The van der Waals surface area contributed by atoms with Crippen LogP contribution in [0.2, 0.25) is 10.0 Å². The van der Waals surface area contributed by atoms with Crippen LogP contribution < -0.4 is 20.4 Å². The molecule has 2 aromatic rings. The van der Waals surface area contributed by atoms with Gasteiger partial charge in [0.1, 0.15) is 0 Å². The van der Waals surface area contributed by atoms with E-state index < -0.39 is 51.7 Å². The highest BCUT2D eigenvalue weighted by Crippen LogP contribution is 2.40. The van der Waals surface area contributed by atoms with Gasteiger partial charge in [0.25, 0.3) is 10.1 Å². The van der Waals surface area contributed by atoms with Gasteiger partial charge in [-0.2, -0.15) is 12.7 Å². The van der Waals surface area contributed by atoms with Gasteiger partial charge in [-0.1, -0.05) is 46.9 Å². The van der Waals surface area contributed by atoms with E-state index in [2.05, 4.69) is 50.6 Å². The Morgan fingerprint density at radius 1 is 0.792 bits per heavy atom. The third-order valence-corrected chi connectivity index (χ3v) is 9.23. The summed E-state index contributed by atoms with van der Waals surface area (Å²) in [6, 6.07) is 3.96. The first-order valence-electron chi connectivity index (χ1n) is 14.6. The van der Waals surface area contributed by atoms with Gasteiger partial charge < -0.3 is 23.8 Å². The van der Waals surface area contributed by atoms with Gasteiger partial charge in [0.15, 0.2) is 34.6 Å². The fourth-order valence-electron chi connectivity index (χ4n) is 4.62. The van der Waals surface area contributed by atoms with Crippen LogP contribution in [0.25, 0.3) is 0 Å². The molecule has 2 N–H and O–H groups in total. The average Bonchev–Trinajstić information content (AvgIpc) is 3.10. The zero-order valence-corrected chi connectivity index (χ0v) is 33.1. The molecular formula is C31H30BrCl3F2N4O11S. The second-order valence-corrected chi connectivity index (χ2v) is 14.1. The minimum atomic E-state index is -3.83.